The van der Waals surface area contributed by atoms with E-state index in [0.717, 1.165) is 43.2 Å². The predicted octanol–water partition coefficient (Wildman–Crippen LogP) is 2.83. The molecule has 27 heavy (non-hydrogen) atoms. The lowest BCUT2D eigenvalue weighted by atomic mass is 10.1. The Morgan fingerprint density at radius 2 is 2.11 bits per heavy atom. The Bertz CT molecular complexity index is 954. The molecule has 1 aliphatic heterocycles. The van der Waals surface area contributed by atoms with E-state index in [1.807, 2.05) is 24.3 Å². The molecule has 1 aromatic carbocycles. The molecular formula is C21H22N4O2. The van der Waals surface area contributed by atoms with Crippen molar-refractivity contribution in [1.82, 2.24) is 19.9 Å². The number of rotatable bonds is 5. The molecule has 0 aliphatic carbocycles. The summed E-state index contributed by atoms with van der Waals surface area (Å²) >= 11 is 0. The second kappa shape index (κ2) is 7.72. The number of hydrogen-bond donors (Lipinski definition) is 1. The highest BCUT2D eigenvalue weighted by atomic mass is 16.5. The van der Waals surface area contributed by atoms with Crippen LogP contribution in [0.2, 0.25) is 0 Å². The van der Waals surface area contributed by atoms with Crippen molar-refractivity contribution >= 4 is 0 Å². The van der Waals surface area contributed by atoms with Gasteiger partial charge in [-0.25, -0.2) is 4.98 Å². The average Bonchev–Trinajstić information content (AvgIpc) is 3.17. The zero-order valence-corrected chi connectivity index (χ0v) is 15.3. The number of hydrogen-bond acceptors (Lipinski definition) is 5. The summed E-state index contributed by atoms with van der Waals surface area (Å²) < 4.78 is 5.21. The van der Waals surface area contributed by atoms with Gasteiger partial charge in [-0.1, -0.05) is 12.1 Å². The molecule has 1 aliphatic rings. The molecule has 0 saturated carbocycles. The van der Waals surface area contributed by atoms with Crippen LogP contribution in [0.5, 0.6) is 5.75 Å². The zero-order valence-electron chi connectivity index (χ0n) is 15.3. The molecular weight excluding hydrogens is 340 g/mol. The Kier molecular flexibility index (Phi) is 4.98. The van der Waals surface area contributed by atoms with Crippen molar-refractivity contribution in [3.8, 4) is 17.0 Å². The quantitative estimate of drug-likeness (QED) is 0.756. The monoisotopic (exact) mass is 362 g/mol. The van der Waals surface area contributed by atoms with E-state index in [1.54, 1.807) is 19.5 Å². The van der Waals surface area contributed by atoms with Gasteiger partial charge in [-0.05, 0) is 42.8 Å². The summed E-state index contributed by atoms with van der Waals surface area (Å²) in [6, 6.07) is 13.5. The summed E-state index contributed by atoms with van der Waals surface area (Å²) in [6.45, 7) is 2.75. The van der Waals surface area contributed by atoms with Crippen molar-refractivity contribution in [2.75, 3.05) is 20.2 Å². The highest BCUT2D eigenvalue weighted by Crippen LogP contribution is 2.27. The smallest absolute Gasteiger partial charge is 0.251 e. The van der Waals surface area contributed by atoms with Crippen LogP contribution >= 0.6 is 0 Å². The molecule has 2 aromatic heterocycles. The molecule has 1 unspecified atom stereocenters. The van der Waals surface area contributed by atoms with Crippen LogP contribution in [0.3, 0.4) is 0 Å². The second-order valence-corrected chi connectivity index (χ2v) is 6.83. The highest BCUT2D eigenvalue weighted by Gasteiger charge is 2.26. The van der Waals surface area contributed by atoms with Crippen LogP contribution in [0.4, 0.5) is 0 Å². The molecule has 0 radical (unpaired) electrons. The van der Waals surface area contributed by atoms with Crippen LogP contribution in [0.25, 0.3) is 11.3 Å². The molecule has 1 saturated heterocycles. The van der Waals surface area contributed by atoms with Gasteiger partial charge in [0.05, 0.1) is 12.8 Å². The fraction of sp³-hybridized carbons (Fsp3) is 0.286. The first-order chi connectivity index (χ1) is 13.2. The number of benzene rings is 1. The third-order valence-electron chi connectivity index (χ3n) is 4.94. The summed E-state index contributed by atoms with van der Waals surface area (Å²) in [5, 5.41) is 0. The maximum atomic E-state index is 12.1. The van der Waals surface area contributed by atoms with E-state index in [4.69, 9.17) is 9.72 Å². The molecule has 3 heterocycles. The first kappa shape index (κ1) is 17.4. The molecule has 1 atom stereocenters. The van der Waals surface area contributed by atoms with Gasteiger partial charge in [-0.15, -0.1) is 0 Å². The molecule has 6 nitrogen and oxygen atoms in total. The van der Waals surface area contributed by atoms with E-state index in [9.17, 15) is 4.79 Å². The Labute approximate surface area is 157 Å². The van der Waals surface area contributed by atoms with Crippen molar-refractivity contribution < 1.29 is 4.74 Å². The minimum absolute atomic E-state index is 0.118. The molecule has 0 amide bonds. The van der Waals surface area contributed by atoms with Gasteiger partial charge in [0.1, 0.15) is 11.6 Å². The van der Waals surface area contributed by atoms with Gasteiger partial charge in [0, 0.05) is 43.0 Å². The summed E-state index contributed by atoms with van der Waals surface area (Å²) in [6.07, 6.45) is 4.43. The summed E-state index contributed by atoms with van der Waals surface area (Å²) in [4.78, 5) is 26.3. The third kappa shape index (κ3) is 4.06. The molecule has 1 fully saturated rings. The molecule has 138 valence electrons. The number of aromatic amines is 1. The van der Waals surface area contributed by atoms with Gasteiger partial charge in [0.2, 0.25) is 0 Å². The van der Waals surface area contributed by atoms with Crippen molar-refractivity contribution in [1.29, 1.82) is 0 Å². The number of pyridine rings is 1. The molecule has 0 bridgehead atoms. The topological polar surface area (TPSA) is 71.1 Å². The number of ether oxygens (including phenoxy) is 1. The summed E-state index contributed by atoms with van der Waals surface area (Å²) in [7, 11) is 1.67. The fourth-order valence-electron chi connectivity index (χ4n) is 3.52. The number of likely N-dealkylation sites (tertiary alicyclic amines) is 1. The number of methoxy groups -OCH3 is 1. The number of H-pyrrole nitrogens is 1. The van der Waals surface area contributed by atoms with Crippen LogP contribution in [0.15, 0.2) is 59.7 Å². The van der Waals surface area contributed by atoms with Gasteiger partial charge >= 0.3 is 0 Å². The fourth-order valence-corrected chi connectivity index (χ4v) is 3.52. The van der Waals surface area contributed by atoms with Gasteiger partial charge in [-0.3, -0.25) is 14.7 Å². The van der Waals surface area contributed by atoms with Crippen LogP contribution in [0, 0.1) is 0 Å². The maximum absolute atomic E-state index is 12.1. The number of aromatic nitrogens is 3. The van der Waals surface area contributed by atoms with E-state index >= 15 is 0 Å². The lowest BCUT2D eigenvalue weighted by molar-refractivity contribution is 0.325. The highest BCUT2D eigenvalue weighted by molar-refractivity contribution is 5.56. The first-order valence-corrected chi connectivity index (χ1v) is 9.08. The summed E-state index contributed by atoms with van der Waals surface area (Å²) in [5.41, 5.74) is 2.67. The molecule has 0 spiro atoms. The lowest BCUT2D eigenvalue weighted by Gasteiger charge is -2.16. The van der Waals surface area contributed by atoms with Crippen LogP contribution < -0.4 is 10.3 Å². The minimum atomic E-state index is -0.118. The molecule has 1 N–H and O–H groups in total. The van der Waals surface area contributed by atoms with Crippen molar-refractivity contribution in [2.45, 2.75) is 18.9 Å². The Balaban J connectivity index is 1.48. The SMILES string of the molecule is COc1ccc(CN2CCC(c3nc(-c4cccnc4)cc(=O)[nH]3)C2)cc1. The van der Waals surface area contributed by atoms with Gasteiger partial charge in [-0.2, -0.15) is 0 Å². The third-order valence-corrected chi connectivity index (χ3v) is 4.94. The van der Waals surface area contributed by atoms with E-state index < -0.39 is 0 Å². The zero-order chi connectivity index (χ0) is 18.6. The minimum Gasteiger partial charge on any atom is -0.497 e. The van der Waals surface area contributed by atoms with Gasteiger partial charge in [0.15, 0.2) is 0 Å². The number of nitrogens with one attached hydrogen (secondary N) is 1. The maximum Gasteiger partial charge on any atom is 0.251 e. The van der Waals surface area contributed by atoms with Gasteiger partial charge < -0.3 is 9.72 Å². The Morgan fingerprint density at radius 3 is 2.85 bits per heavy atom. The molecule has 6 heteroatoms. The standard InChI is InChI=1S/C21H22N4O2/c1-27-18-6-4-15(5-7-18)13-25-10-8-17(14-25)21-23-19(11-20(26)24-21)16-3-2-9-22-12-16/h2-7,9,11-12,17H,8,10,13-14H2,1H3,(H,23,24,26). The predicted molar refractivity (Wildman–Crippen MR) is 104 cm³/mol. The van der Waals surface area contributed by atoms with Crippen molar-refractivity contribution in [2.24, 2.45) is 0 Å². The lowest BCUT2D eigenvalue weighted by Crippen LogP contribution is -2.21. The van der Waals surface area contributed by atoms with Crippen LogP contribution in [-0.4, -0.2) is 40.1 Å². The summed E-state index contributed by atoms with van der Waals surface area (Å²) in [5.74, 6) is 1.86. The van der Waals surface area contributed by atoms with Crippen LogP contribution in [0.1, 0.15) is 23.7 Å². The van der Waals surface area contributed by atoms with E-state index in [2.05, 4.69) is 27.0 Å². The van der Waals surface area contributed by atoms with Gasteiger partial charge in [0.25, 0.3) is 5.56 Å². The molecule has 4 rings (SSSR count). The Morgan fingerprint density at radius 1 is 1.26 bits per heavy atom. The normalized spacial score (nSPS) is 17.1. The van der Waals surface area contributed by atoms with E-state index in [0.29, 0.717) is 5.69 Å². The number of nitrogens with zero attached hydrogens (tertiary/aromatic N) is 3. The average molecular weight is 362 g/mol. The second-order valence-electron chi connectivity index (χ2n) is 6.83. The Hall–Kier alpha value is -2.99. The first-order valence-electron chi connectivity index (χ1n) is 9.08. The van der Waals surface area contributed by atoms with Crippen LogP contribution in [-0.2, 0) is 6.54 Å². The molecule has 3 aromatic rings. The van der Waals surface area contributed by atoms with E-state index in [-0.39, 0.29) is 11.5 Å². The van der Waals surface area contributed by atoms with E-state index in [1.165, 1.54) is 11.6 Å². The largest absolute Gasteiger partial charge is 0.497 e. The van der Waals surface area contributed by atoms with Crippen molar-refractivity contribution in [3.63, 3.8) is 0 Å². The van der Waals surface area contributed by atoms with Crippen molar-refractivity contribution in [3.05, 3.63) is 76.6 Å².